The molecule has 0 atom stereocenters. The van der Waals surface area contributed by atoms with Crippen molar-refractivity contribution in [3.63, 3.8) is 0 Å². The Kier molecular flexibility index (Phi) is 3.77. The molecule has 1 aliphatic rings. The average Bonchev–Trinajstić information content (AvgIpc) is 2.33. The van der Waals surface area contributed by atoms with Gasteiger partial charge in [-0.1, -0.05) is 25.4 Å². The molecular formula is C14H16ClN3O. The van der Waals surface area contributed by atoms with E-state index in [0.717, 1.165) is 12.0 Å². The molecule has 1 amide bonds. The van der Waals surface area contributed by atoms with Crippen molar-refractivity contribution < 1.29 is 4.79 Å². The Morgan fingerprint density at radius 1 is 1.58 bits per heavy atom. The molecule has 0 spiro atoms. The average molecular weight is 278 g/mol. The molecule has 1 aromatic rings. The van der Waals surface area contributed by atoms with Gasteiger partial charge in [0.05, 0.1) is 6.07 Å². The number of hydrogen-bond donors (Lipinski definition) is 1. The van der Waals surface area contributed by atoms with Crippen molar-refractivity contribution in [2.75, 3.05) is 0 Å². The van der Waals surface area contributed by atoms with Gasteiger partial charge in [0.2, 0.25) is 0 Å². The summed E-state index contributed by atoms with van der Waals surface area (Å²) in [5.41, 5.74) is 0.467. The van der Waals surface area contributed by atoms with Gasteiger partial charge in [-0.25, -0.2) is 0 Å². The molecule has 0 aromatic carbocycles. The van der Waals surface area contributed by atoms with Crippen LogP contribution in [0.3, 0.4) is 0 Å². The highest BCUT2D eigenvalue weighted by molar-refractivity contribution is 6.31. The van der Waals surface area contributed by atoms with Gasteiger partial charge in [-0.05, 0) is 36.8 Å². The third-order valence-electron chi connectivity index (χ3n) is 3.51. The van der Waals surface area contributed by atoms with Crippen LogP contribution in [0, 0.1) is 11.3 Å². The van der Waals surface area contributed by atoms with Gasteiger partial charge >= 0.3 is 0 Å². The van der Waals surface area contributed by atoms with Crippen molar-refractivity contribution in [3.8, 4) is 6.07 Å². The third-order valence-corrected chi connectivity index (χ3v) is 3.84. The highest BCUT2D eigenvalue weighted by Gasteiger charge is 2.39. The summed E-state index contributed by atoms with van der Waals surface area (Å²) in [5.74, 6) is -0.0762. The Hall–Kier alpha value is -1.60. The number of nitrogens with zero attached hydrogens (tertiary/aromatic N) is 2. The van der Waals surface area contributed by atoms with E-state index in [0.29, 0.717) is 17.9 Å². The van der Waals surface area contributed by atoms with Crippen molar-refractivity contribution >= 4 is 17.5 Å². The molecule has 0 saturated heterocycles. The Balaban J connectivity index is 2.16. The van der Waals surface area contributed by atoms with E-state index >= 15 is 0 Å². The zero-order chi connectivity index (χ0) is 14.0. The van der Waals surface area contributed by atoms with Gasteiger partial charge < -0.3 is 5.32 Å². The second kappa shape index (κ2) is 5.18. The lowest BCUT2D eigenvalue weighted by Gasteiger charge is -2.35. The highest BCUT2D eigenvalue weighted by Crippen LogP contribution is 2.31. The lowest BCUT2D eigenvalue weighted by Crippen LogP contribution is -2.52. The van der Waals surface area contributed by atoms with E-state index in [1.165, 1.54) is 0 Å². The highest BCUT2D eigenvalue weighted by atomic mass is 35.5. The molecule has 100 valence electrons. The van der Waals surface area contributed by atoms with Crippen molar-refractivity contribution in [1.82, 2.24) is 10.3 Å². The van der Waals surface area contributed by atoms with E-state index in [1.54, 1.807) is 12.3 Å². The number of amides is 1. The van der Waals surface area contributed by atoms with Crippen LogP contribution in [-0.4, -0.2) is 16.4 Å². The van der Waals surface area contributed by atoms with E-state index in [4.69, 9.17) is 16.9 Å². The van der Waals surface area contributed by atoms with Gasteiger partial charge in [0, 0.05) is 11.2 Å². The molecule has 19 heavy (non-hydrogen) atoms. The molecule has 0 aliphatic heterocycles. The topological polar surface area (TPSA) is 65.8 Å². The van der Waals surface area contributed by atoms with Crippen LogP contribution >= 0.6 is 11.6 Å². The van der Waals surface area contributed by atoms with E-state index in [2.05, 4.69) is 16.4 Å². The van der Waals surface area contributed by atoms with E-state index in [9.17, 15) is 4.79 Å². The smallest absolute Gasteiger partial charge is 0.271 e. The normalized spacial score (nSPS) is 16.6. The first-order chi connectivity index (χ1) is 8.97. The molecule has 0 radical (unpaired) electrons. The predicted octanol–water partition coefficient (Wildman–Crippen LogP) is 3.03. The first kappa shape index (κ1) is 13.8. The number of carbonyl (C=O) groups excluding carboxylic acids is 1. The minimum absolute atomic E-state index is 0.259. The largest absolute Gasteiger partial charge is 0.332 e. The molecule has 1 aromatic heterocycles. The summed E-state index contributed by atoms with van der Waals surface area (Å²) >= 11 is 6.14. The van der Waals surface area contributed by atoms with Crippen LogP contribution in [-0.2, 0) is 0 Å². The minimum Gasteiger partial charge on any atom is -0.332 e. The molecule has 0 unspecified atom stereocenters. The molecule has 0 bridgehead atoms. The Bertz CT molecular complexity index is 544. The molecule has 1 N–H and O–H groups in total. The summed E-state index contributed by atoms with van der Waals surface area (Å²) in [7, 11) is 0. The third kappa shape index (κ3) is 2.71. The minimum atomic E-state index is -0.706. The number of halogens is 1. The molecule has 5 heteroatoms. The van der Waals surface area contributed by atoms with Gasteiger partial charge in [0.15, 0.2) is 0 Å². The van der Waals surface area contributed by atoms with Gasteiger partial charge in [-0.2, -0.15) is 5.26 Å². The second-order valence-electron chi connectivity index (χ2n) is 5.25. The maximum atomic E-state index is 12.1. The van der Waals surface area contributed by atoms with Crippen LogP contribution in [0.1, 0.15) is 55.1 Å². The number of pyridine rings is 1. The number of carbonyl (C=O) groups is 1. The first-order valence-corrected chi connectivity index (χ1v) is 6.74. The molecule has 1 heterocycles. The summed E-state index contributed by atoms with van der Waals surface area (Å²) in [6.07, 6.45) is 4.00. The number of hydrogen-bond acceptors (Lipinski definition) is 3. The van der Waals surface area contributed by atoms with Crippen molar-refractivity contribution in [1.29, 1.82) is 5.26 Å². The fourth-order valence-corrected chi connectivity index (χ4v) is 2.44. The number of aromatic nitrogens is 1. The van der Waals surface area contributed by atoms with Gasteiger partial charge in [0.25, 0.3) is 5.91 Å². The number of rotatable bonds is 3. The summed E-state index contributed by atoms with van der Waals surface area (Å²) in [4.78, 5) is 16.2. The molecule has 2 rings (SSSR count). The SMILES string of the molecule is CC(C)c1cnc(C(=O)NC2(C#N)CCC2)cc1Cl. The van der Waals surface area contributed by atoms with Crippen molar-refractivity contribution in [2.24, 2.45) is 0 Å². The predicted molar refractivity (Wildman–Crippen MR) is 73.0 cm³/mol. The molecule has 4 nitrogen and oxygen atoms in total. The molecule has 1 fully saturated rings. The van der Waals surface area contributed by atoms with Crippen LogP contribution < -0.4 is 5.32 Å². The zero-order valence-corrected chi connectivity index (χ0v) is 11.8. The van der Waals surface area contributed by atoms with Crippen molar-refractivity contribution in [3.05, 3.63) is 28.5 Å². The second-order valence-corrected chi connectivity index (χ2v) is 5.65. The summed E-state index contributed by atoms with van der Waals surface area (Å²) in [5, 5.41) is 12.4. The summed E-state index contributed by atoms with van der Waals surface area (Å²) < 4.78 is 0. The Morgan fingerprint density at radius 3 is 2.68 bits per heavy atom. The fourth-order valence-electron chi connectivity index (χ4n) is 2.07. The van der Waals surface area contributed by atoms with Gasteiger partial charge in [-0.15, -0.1) is 0 Å². The van der Waals surface area contributed by atoms with Crippen LogP contribution in [0.15, 0.2) is 12.3 Å². The fraction of sp³-hybridized carbons (Fsp3) is 0.500. The van der Waals surface area contributed by atoms with Gasteiger partial charge in [-0.3, -0.25) is 9.78 Å². The lowest BCUT2D eigenvalue weighted by atomic mass is 9.78. The Morgan fingerprint density at radius 2 is 2.26 bits per heavy atom. The van der Waals surface area contributed by atoms with Crippen LogP contribution in [0.4, 0.5) is 0 Å². The van der Waals surface area contributed by atoms with E-state index in [-0.39, 0.29) is 17.5 Å². The zero-order valence-electron chi connectivity index (χ0n) is 11.0. The standard InChI is InChI=1S/C14H16ClN3O/c1-9(2)10-7-17-12(6-11(10)15)13(19)18-14(8-16)4-3-5-14/h6-7,9H,3-5H2,1-2H3,(H,18,19). The monoisotopic (exact) mass is 277 g/mol. The molecule has 1 aliphatic carbocycles. The maximum Gasteiger partial charge on any atom is 0.271 e. The van der Waals surface area contributed by atoms with E-state index < -0.39 is 5.54 Å². The van der Waals surface area contributed by atoms with Crippen LogP contribution in [0.25, 0.3) is 0 Å². The first-order valence-electron chi connectivity index (χ1n) is 6.37. The summed E-state index contributed by atoms with van der Waals surface area (Å²) in [6.45, 7) is 4.03. The summed E-state index contributed by atoms with van der Waals surface area (Å²) in [6, 6.07) is 3.73. The number of nitriles is 1. The van der Waals surface area contributed by atoms with Crippen molar-refractivity contribution in [2.45, 2.75) is 44.6 Å². The quantitative estimate of drug-likeness (QED) is 0.923. The Labute approximate surface area is 117 Å². The van der Waals surface area contributed by atoms with Crippen LogP contribution in [0.5, 0.6) is 0 Å². The molecule has 1 saturated carbocycles. The van der Waals surface area contributed by atoms with Crippen LogP contribution in [0.2, 0.25) is 5.02 Å². The van der Waals surface area contributed by atoms with Gasteiger partial charge in [0.1, 0.15) is 11.2 Å². The number of nitrogens with one attached hydrogen (secondary N) is 1. The van der Waals surface area contributed by atoms with E-state index in [1.807, 2.05) is 13.8 Å². The lowest BCUT2D eigenvalue weighted by molar-refractivity contribution is 0.0876. The molecular weight excluding hydrogens is 262 g/mol. The maximum absolute atomic E-state index is 12.1.